The molecule has 10 atom stereocenters. The molecule has 1 aromatic carbocycles. The number of carbonyl (C=O) groups excluding carboxylic acids is 1. The lowest BCUT2D eigenvalue weighted by molar-refractivity contribution is -0.212. The molecule has 0 spiro atoms. The number of likely N-dealkylation sites (tertiary alicyclic amines) is 1. The van der Waals surface area contributed by atoms with Crippen LogP contribution in [0, 0.1) is 34.0 Å². The summed E-state index contributed by atoms with van der Waals surface area (Å²) in [6.07, 6.45) is 0.864. The van der Waals surface area contributed by atoms with Gasteiger partial charge in [0.25, 0.3) is 0 Å². The summed E-state index contributed by atoms with van der Waals surface area (Å²) in [6.45, 7) is 4.00. The van der Waals surface area contributed by atoms with E-state index in [1.54, 1.807) is 6.92 Å². The largest absolute Gasteiger partial charge is 0.390 e. The van der Waals surface area contributed by atoms with Crippen LogP contribution in [-0.2, 0) is 11.3 Å². The summed E-state index contributed by atoms with van der Waals surface area (Å²) in [5, 5.41) is 21.7. The molecular formula is C30H36F3NO3. The first-order valence-electron chi connectivity index (χ1n) is 13.5. The predicted octanol–water partition coefficient (Wildman–Crippen LogP) is 4.36. The first-order chi connectivity index (χ1) is 17.5. The van der Waals surface area contributed by atoms with Crippen LogP contribution in [0.5, 0.6) is 0 Å². The van der Waals surface area contributed by atoms with Gasteiger partial charge < -0.3 is 10.2 Å². The highest BCUT2D eigenvalue weighted by atomic mass is 19.1. The van der Waals surface area contributed by atoms with Gasteiger partial charge in [0.15, 0.2) is 11.5 Å². The van der Waals surface area contributed by atoms with E-state index in [2.05, 4.69) is 4.90 Å². The number of hydrogen-bond donors (Lipinski definition) is 2. The average Bonchev–Trinajstić information content (AvgIpc) is 3.34. The molecular weight excluding hydrogens is 479 g/mol. The molecule has 2 N–H and O–H groups in total. The third-order valence-electron chi connectivity index (χ3n) is 11.2. The maximum atomic E-state index is 17.4. The number of nitrogens with zero attached hydrogens (tertiary/aromatic N) is 1. The molecule has 1 saturated heterocycles. The maximum Gasteiger partial charge on any atom is 0.172 e. The summed E-state index contributed by atoms with van der Waals surface area (Å²) in [4.78, 5) is 15.7. The Morgan fingerprint density at radius 3 is 2.57 bits per heavy atom. The van der Waals surface area contributed by atoms with Gasteiger partial charge in [0, 0.05) is 31.0 Å². The van der Waals surface area contributed by atoms with Gasteiger partial charge in [0.1, 0.15) is 12.8 Å². The minimum absolute atomic E-state index is 0.0162. The molecule has 3 saturated carbocycles. The zero-order valence-corrected chi connectivity index (χ0v) is 21.4. The summed E-state index contributed by atoms with van der Waals surface area (Å²) in [6, 6.07) is 9.91. The number of rotatable bonds is 4. The molecule has 0 radical (unpaired) electrons. The third kappa shape index (κ3) is 3.11. The van der Waals surface area contributed by atoms with Crippen molar-refractivity contribution in [2.45, 2.75) is 63.7 Å². The predicted molar refractivity (Wildman–Crippen MR) is 134 cm³/mol. The lowest BCUT2D eigenvalue weighted by atomic mass is 9.43. The Balaban J connectivity index is 1.40. The zero-order valence-electron chi connectivity index (χ0n) is 21.4. The fourth-order valence-electron chi connectivity index (χ4n) is 9.58. The number of aliphatic hydroxyl groups excluding tert-OH is 2. The Morgan fingerprint density at radius 1 is 1.14 bits per heavy atom. The second-order valence-electron chi connectivity index (χ2n) is 12.6. The van der Waals surface area contributed by atoms with E-state index < -0.39 is 58.7 Å². The van der Waals surface area contributed by atoms with E-state index in [1.807, 2.05) is 37.3 Å². The normalized spacial score (nSPS) is 48.6. The highest BCUT2D eigenvalue weighted by Crippen LogP contribution is 2.74. The van der Waals surface area contributed by atoms with Gasteiger partial charge >= 0.3 is 0 Å². The van der Waals surface area contributed by atoms with Crippen LogP contribution in [0.25, 0.3) is 0 Å². The standard InChI is InChI=1S/C30H36F3NO3/c1-27-9-8-20(35)11-23(27)24(32)12-22-21-10-19-16-34(15-18-6-4-3-5-7-18)17-29(19,26(37)14-31)28(21,2)13-25(36)30(22,27)33/h3-9,11,19-22,24-25,35-36H,10,12-17H2,1-2H3/t19-,20+,21-,22-,24-,25-,27-,28-,29+,30-/m0/s1. The average molecular weight is 516 g/mol. The van der Waals surface area contributed by atoms with Crippen molar-refractivity contribution in [3.63, 3.8) is 0 Å². The summed E-state index contributed by atoms with van der Waals surface area (Å²) in [5.74, 6) is -1.85. The van der Waals surface area contributed by atoms with Gasteiger partial charge in [0.05, 0.1) is 17.6 Å². The zero-order chi connectivity index (χ0) is 26.4. The first kappa shape index (κ1) is 25.3. The van der Waals surface area contributed by atoms with Crippen molar-refractivity contribution in [3.8, 4) is 0 Å². The Hall–Kier alpha value is -1.96. The Bertz CT molecular complexity index is 1160. The van der Waals surface area contributed by atoms with Gasteiger partial charge in [-0.1, -0.05) is 49.4 Å². The number of ketones is 1. The number of Topliss-reactive ketones (excluding diaryl/α,β-unsaturated/α-hetero) is 1. The molecule has 5 aliphatic rings. The molecule has 1 heterocycles. The van der Waals surface area contributed by atoms with Crippen LogP contribution in [0.4, 0.5) is 13.2 Å². The van der Waals surface area contributed by atoms with Crippen molar-refractivity contribution >= 4 is 5.78 Å². The first-order valence-corrected chi connectivity index (χ1v) is 13.5. The van der Waals surface area contributed by atoms with Crippen molar-refractivity contribution in [1.29, 1.82) is 0 Å². The fourth-order valence-corrected chi connectivity index (χ4v) is 9.58. The van der Waals surface area contributed by atoms with Crippen LogP contribution in [-0.4, -0.2) is 64.7 Å². The number of allylic oxidation sites excluding steroid dienone is 2. The molecule has 37 heavy (non-hydrogen) atoms. The van der Waals surface area contributed by atoms with Crippen LogP contribution in [0.1, 0.15) is 38.7 Å². The number of carbonyl (C=O) groups is 1. The lowest BCUT2D eigenvalue weighted by Crippen LogP contribution is -2.69. The van der Waals surface area contributed by atoms with Crippen molar-refractivity contribution in [1.82, 2.24) is 4.90 Å². The molecule has 0 aromatic heterocycles. The summed E-state index contributed by atoms with van der Waals surface area (Å²) < 4.78 is 47.4. The van der Waals surface area contributed by atoms with Gasteiger partial charge in [0.2, 0.25) is 0 Å². The highest BCUT2D eigenvalue weighted by Gasteiger charge is 2.78. The van der Waals surface area contributed by atoms with Crippen molar-refractivity contribution < 1.29 is 28.2 Å². The summed E-state index contributed by atoms with van der Waals surface area (Å²) in [7, 11) is 0. The quantitative estimate of drug-likeness (QED) is 0.585. The monoisotopic (exact) mass is 515 g/mol. The van der Waals surface area contributed by atoms with E-state index in [0.29, 0.717) is 26.1 Å². The number of alkyl halides is 3. The van der Waals surface area contributed by atoms with Crippen LogP contribution >= 0.6 is 0 Å². The van der Waals surface area contributed by atoms with E-state index >= 15 is 8.78 Å². The van der Waals surface area contributed by atoms with Crippen LogP contribution in [0.2, 0.25) is 0 Å². The third-order valence-corrected chi connectivity index (χ3v) is 11.2. The summed E-state index contributed by atoms with van der Waals surface area (Å²) >= 11 is 0. The lowest BCUT2D eigenvalue weighted by Gasteiger charge is -2.63. The fraction of sp³-hybridized carbons (Fsp3) is 0.633. The van der Waals surface area contributed by atoms with Crippen LogP contribution < -0.4 is 0 Å². The van der Waals surface area contributed by atoms with E-state index in [4.69, 9.17) is 0 Å². The summed E-state index contributed by atoms with van der Waals surface area (Å²) in [5.41, 5.74) is -4.17. The molecule has 0 bridgehead atoms. The van der Waals surface area contributed by atoms with E-state index in [-0.39, 0.29) is 30.3 Å². The molecule has 200 valence electrons. The Labute approximate surface area is 216 Å². The Kier molecular flexibility index (Phi) is 5.66. The Morgan fingerprint density at radius 2 is 1.86 bits per heavy atom. The smallest absolute Gasteiger partial charge is 0.172 e. The molecule has 6 rings (SSSR count). The van der Waals surface area contributed by atoms with Gasteiger partial charge in [-0.3, -0.25) is 9.69 Å². The van der Waals surface area contributed by atoms with Crippen molar-refractivity contribution in [2.75, 3.05) is 19.8 Å². The van der Waals surface area contributed by atoms with Crippen LogP contribution in [0.3, 0.4) is 0 Å². The van der Waals surface area contributed by atoms with Crippen molar-refractivity contribution in [2.24, 2.45) is 34.0 Å². The molecule has 7 heteroatoms. The second-order valence-corrected chi connectivity index (χ2v) is 12.6. The van der Waals surface area contributed by atoms with Gasteiger partial charge in [-0.25, -0.2) is 13.2 Å². The van der Waals surface area contributed by atoms with Gasteiger partial charge in [-0.05, 0) is 60.6 Å². The number of hydrogen-bond acceptors (Lipinski definition) is 4. The molecule has 4 nitrogen and oxygen atoms in total. The number of halogens is 3. The maximum absolute atomic E-state index is 17.4. The molecule has 0 amide bonds. The molecule has 4 aliphatic carbocycles. The van der Waals surface area contributed by atoms with E-state index in [9.17, 15) is 19.4 Å². The van der Waals surface area contributed by atoms with Crippen molar-refractivity contribution in [3.05, 3.63) is 59.7 Å². The molecule has 1 aromatic rings. The van der Waals surface area contributed by atoms with E-state index in [1.165, 1.54) is 18.2 Å². The van der Waals surface area contributed by atoms with Gasteiger partial charge in [-0.2, -0.15) is 0 Å². The number of fused-ring (bicyclic) bond motifs is 7. The van der Waals surface area contributed by atoms with Gasteiger partial charge in [-0.15, -0.1) is 0 Å². The SMILES string of the molecule is C[C@]12C=C[C@@H](O)C=C1[C@@H](F)C[C@H]1[C@@H]3C[C@H]4CN(Cc5ccccc5)C[C@@]4(C(=O)CF)[C@@]3(C)C[C@H](O)[C@@]12F. The highest BCUT2D eigenvalue weighted by molar-refractivity contribution is 5.88. The number of benzene rings is 1. The minimum atomic E-state index is -2.15. The second kappa shape index (κ2) is 8.27. The molecule has 1 aliphatic heterocycles. The van der Waals surface area contributed by atoms with E-state index in [0.717, 1.165) is 5.56 Å². The molecule has 4 fully saturated rings. The topological polar surface area (TPSA) is 60.8 Å². The minimum Gasteiger partial charge on any atom is -0.390 e. The molecule has 0 unspecified atom stereocenters. The number of aliphatic hydroxyl groups is 2. The van der Waals surface area contributed by atoms with Crippen LogP contribution in [0.15, 0.2) is 54.1 Å².